The van der Waals surface area contributed by atoms with Gasteiger partial charge in [-0.15, -0.1) is 0 Å². The van der Waals surface area contributed by atoms with Crippen LogP contribution in [0.5, 0.6) is 0 Å². The van der Waals surface area contributed by atoms with Gasteiger partial charge >= 0.3 is 12.1 Å². The minimum atomic E-state index is -1.10. The Morgan fingerprint density at radius 2 is 1.87 bits per heavy atom. The number of thiol groups is 1. The van der Waals surface area contributed by atoms with Gasteiger partial charge in [-0.05, 0) is 51.3 Å². The Kier molecular flexibility index (Phi) is 6.50. The van der Waals surface area contributed by atoms with Crippen LogP contribution in [0.3, 0.4) is 0 Å². The van der Waals surface area contributed by atoms with Gasteiger partial charge in [-0.1, -0.05) is 18.2 Å². The number of carbonyl (C=O) groups is 2. The SMILES string of the molecule is Cc1ccc(CN(C(=O)OC(C)(C)C)[C@@H](CS)C(=O)O)cc1C. The van der Waals surface area contributed by atoms with E-state index < -0.39 is 23.7 Å². The average molecular weight is 339 g/mol. The topological polar surface area (TPSA) is 66.8 Å². The van der Waals surface area contributed by atoms with Crippen LogP contribution in [0.1, 0.15) is 37.5 Å². The average Bonchev–Trinajstić information content (AvgIpc) is 2.40. The van der Waals surface area contributed by atoms with Crippen molar-refractivity contribution in [1.29, 1.82) is 0 Å². The molecule has 1 aromatic carbocycles. The third-order valence-corrected chi connectivity index (χ3v) is 3.73. The summed E-state index contributed by atoms with van der Waals surface area (Å²) in [5.41, 5.74) is 2.39. The lowest BCUT2D eigenvalue weighted by Gasteiger charge is -2.31. The highest BCUT2D eigenvalue weighted by molar-refractivity contribution is 7.80. The number of rotatable bonds is 5. The van der Waals surface area contributed by atoms with Gasteiger partial charge in [0.15, 0.2) is 0 Å². The van der Waals surface area contributed by atoms with Gasteiger partial charge in [-0.3, -0.25) is 4.90 Å². The standard InChI is InChI=1S/C17H25NO4S/c1-11-6-7-13(8-12(11)2)9-18(14(10-23)15(19)20)16(21)22-17(3,4)5/h6-8,14,23H,9-10H2,1-5H3,(H,19,20)/t14-/m0/s1. The lowest BCUT2D eigenvalue weighted by Crippen LogP contribution is -2.47. The van der Waals surface area contributed by atoms with Crippen LogP contribution >= 0.6 is 12.6 Å². The van der Waals surface area contributed by atoms with Crippen LogP contribution in [0.4, 0.5) is 4.79 Å². The molecule has 0 saturated heterocycles. The third kappa shape index (κ3) is 5.78. The molecule has 0 radical (unpaired) electrons. The molecule has 128 valence electrons. The van der Waals surface area contributed by atoms with Gasteiger partial charge in [0.2, 0.25) is 0 Å². The minimum Gasteiger partial charge on any atom is -0.480 e. The summed E-state index contributed by atoms with van der Waals surface area (Å²) < 4.78 is 5.35. The zero-order valence-electron chi connectivity index (χ0n) is 14.3. The van der Waals surface area contributed by atoms with Gasteiger partial charge < -0.3 is 9.84 Å². The second-order valence-electron chi connectivity index (χ2n) is 6.56. The molecule has 1 aromatic rings. The molecule has 1 rings (SSSR count). The summed E-state index contributed by atoms with van der Waals surface area (Å²) in [5.74, 6) is -1.09. The predicted octanol–water partition coefficient (Wildman–Crippen LogP) is 3.42. The highest BCUT2D eigenvalue weighted by atomic mass is 32.1. The van der Waals surface area contributed by atoms with Gasteiger partial charge in [0, 0.05) is 12.3 Å². The van der Waals surface area contributed by atoms with E-state index in [1.807, 2.05) is 32.0 Å². The fourth-order valence-corrected chi connectivity index (χ4v) is 2.38. The molecule has 1 N–H and O–H groups in total. The summed E-state index contributed by atoms with van der Waals surface area (Å²) in [4.78, 5) is 25.1. The van der Waals surface area contributed by atoms with Crippen molar-refractivity contribution in [3.8, 4) is 0 Å². The number of aliphatic carboxylic acids is 1. The van der Waals surface area contributed by atoms with Crippen molar-refractivity contribution < 1.29 is 19.4 Å². The van der Waals surface area contributed by atoms with Crippen LogP contribution in [-0.4, -0.2) is 39.5 Å². The van der Waals surface area contributed by atoms with Crippen LogP contribution in [0.2, 0.25) is 0 Å². The van der Waals surface area contributed by atoms with Crippen molar-refractivity contribution in [2.75, 3.05) is 5.75 Å². The van der Waals surface area contributed by atoms with E-state index in [1.54, 1.807) is 20.8 Å². The first-order valence-electron chi connectivity index (χ1n) is 7.44. The van der Waals surface area contributed by atoms with Crippen molar-refractivity contribution in [2.45, 2.75) is 52.8 Å². The molecule has 1 atom stereocenters. The van der Waals surface area contributed by atoms with E-state index in [0.29, 0.717) is 0 Å². The number of nitrogens with zero attached hydrogens (tertiary/aromatic N) is 1. The number of ether oxygens (including phenoxy) is 1. The predicted molar refractivity (Wildman–Crippen MR) is 93.0 cm³/mol. The van der Waals surface area contributed by atoms with Crippen LogP contribution in [0.25, 0.3) is 0 Å². The maximum absolute atomic E-state index is 12.4. The normalized spacial score (nSPS) is 12.6. The molecule has 6 heteroatoms. The molecule has 0 saturated carbocycles. The van der Waals surface area contributed by atoms with Gasteiger partial charge in [-0.25, -0.2) is 9.59 Å². The van der Waals surface area contributed by atoms with Crippen LogP contribution < -0.4 is 0 Å². The van der Waals surface area contributed by atoms with Crippen molar-refractivity contribution in [3.63, 3.8) is 0 Å². The lowest BCUT2D eigenvalue weighted by molar-refractivity contribution is -0.142. The number of aryl methyl sites for hydroxylation is 2. The van der Waals surface area contributed by atoms with Crippen molar-refractivity contribution >= 4 is 24.7 Å². The second kappa shape index (κ2) is 7.73. The van der Waals surface area contributed by atoms with E-state index >= 15 is 0 Å². The van der Waals surface area contributed by atoms with Crippen LogP contribution in [0.15, 0.2) is 18.2 Å². The fraction of sp³-hybridized carbons (Fsp3) is 0.529. The van der Waals surface area contributed by atoms with E-state index in [2.05, 4.69) is 12.6 Å². The first kappa shape index (κ1) is 19.4. The largest absolute Gasteiger partial charge is 0.480 e. The van der Waals surface area contributed by atoms with Crippen molar-refractivity contribution in [3.05, 3.63) is 34.9 Å². The molecule has 0 aliphatic rings. The highest BCUT2D eigenvalue weighted by Gasteiger charge is 2.32. The molecular weight excluding hydrogens is 314 g/mol. The maximum Gasteiger partial charge on any atom is 0.411 e. The summed E-state index contributed by atoms with van der Waals surface area (Å²) in [6, 6.07) is 4.74. The molecule has 0 aliphatic carbocycles. The molecule has 5 nitrogen and oxygen atoms in total. The quantitative estimate of drug-likeness (QED) is 0.807. The second-order valence-corrected chi connectivity index (χ2v) is 6.93. The van der Waals surface area contributed by atoms with Crippen molar-refractivity contribution in [1.82, 2.24) is 4.90 Å². The zero-order chi connectivity index (χ0) is 17.8. The lowest BCUT2D eigenvalue weighted by atomic mass is 10.1. The summed E-state index contributed by atoms with van der Waals surface area (Å²) in [6.45, 7) is 9.37. The molecule has 0 bridgehead atoms. The van der Waals surface area contributed by atoms with E-state index in [0.717, 1.165) is 16.7 Å². The number of carboxylic acids is 1. The third-order valence-electron chi connectivity index (χ3n) is 3.39. The Morgan fingerprint density at radius 3 is 2.30 bits per heavy atom. The van der Waals surface area contributed by atoms with Crippen molar-refractivity contribution in [2.24, 2.45) is 0 Å². The summed E-state index contributed by atoms with van der Waals surface area (Å²) >= 11 is 4.07. The first-order valence-corrected chi connectivity index (χ1v) is 8.08. The molecule has 0 aliphatic heterocycles. The minimum absolute atomic E-state index is 0.0133. The van der Waals surface area contributed by atoms with Gasteiger partial charge in [0.25, 0.3) is 0 Å². The van der Waals surface area contributed by atoms with Crippen LogP contribution in [0, 0.1) is 13.8 Å². The Hall–Kier alpha value is -1.69. The van der Waals surface area contributed by atoms with Crippen LogP contribution in [-0.2, 0) is 16.1 Å². The number of hydrogen-bond donors (Lipinski definition) is 2. The Morgan fingerprint density at radius 1 is 1.26 bits per heavy atom. The Labute approximate surface area is 143 Å². The molecule has 1 amide bonds. The van der Waals surface area contributed by atoms with E-state index in [-0.39, 0.29) is 12.3 Å². The van der Waals surface area contributed by atoms with Gasteiger partial charge in [0.05, 0.1) is 0 Å². The van der Waals surface area contributed by atoms with Gasteiger partial charge in [-0.2, -0.15) is 12.6 Å². The van der Waals surface area contributed by atoms with E-state index in [9.17, 15) is 14.7 Å². The number of benzene rings is 1. The molecule has 0 fully saturated rings. The number of hydrogen-bond acceptors (Lipinski definition) is 4. The number of amides is 1. The highest BCUT2D eigenvalue weighted by Crippen LogP contribution is 2.18. The molecule has 0 spiro atoms. The zero-order valence-corrected chi connectivity index (χ0v) is 15.2. The molecule has 0 heterocycles. The number of carboxylic acid groups (broad SMARTS) is 1. The maximum atomic E-state index is 12.4. The van der Waals surface area contributed by atoms with E-state index in [4.69, 9.17) is 4.74 Å². The fourth-order valence-electron chi connectivity index (χ4n) is 2.03. The van der Waals surface area contributed by atoms with E-state index in [1.165, 1.54) is 4.90 Å². The monoisotopic (exact) mass is 339 g/mol. The smallest absolute Gasteiger partial charge is 0.411 e. The van der Waals surface area contributed by atoms with Gasteiger partial charge in [0.1, 0.15) is 11.6 Å². The summed E-state index contributed by atoms with van der Waals surface area (Å²) in [7, 11) is 0. The molecular formula is C17H25NO4S. The molecule has 0 unspecified atom stereocenters. The molecule has 23 heavy (non-hydrogen) atoms. The number of carbonyl (C=O) groups excluding carboxylic acids is 1. The summed E-state index contributed by atoms with van der Waals surface area (Å²) in [6.07, 6.45) is -0.655. The Balaban J connectivity index is 3.10. The molecule has 0 aromatic heterocycles. The Bertz CT molecular complexity index is 580. The first-order chi connectivity index (χ1) is 10.5. The summed E-state index contributed by atoms with van der Waals surface area (Å²) in [5, 5.41) is 9.37.